The van der Waals surface area contributed by atoms with Crippen molar-refractivity contribution < 1.29 is 4.79 Å². The van der Waals surface area contributed by atoms with Gasteiger partial charge in [0.2, 0.25) is 0 Å². The van der Waals surface area contributed by atoms with Gasteiger partial charge in [0.1, 0.15) is 5.82 Å². The molecule has 1 aromatic carbocycles. The average molecular weight is 401 g/mol. The number of nitrogens with two attached hydrogens (primary N) is 1. The Labute approximate surface area is 172 Å². The van der Waals surface area contributed by atoms with Crippen LogP contribution in [0.3, 0.4) is 0 Å². The number of carbonyl (C=O) groups is 1. The topological polar surface area (TPSA) is 62.5 Å². The molecule has 3 rings (SSSR count). The summed E-state index contributed by atoms with van der Waals surface area (Å²) in [4.78, 5) is 20.1. The van der Waals surface area contributed by atoms with E-state index in [2.05, 4.69) is 33.8 Å². The van der Waals surface area contributed by atoms with Crippen molar-refractivity contribution in [1.82, 2.24) is 9.88 Å². The van der Waals surface area contributed by atoms with Gasteiger partial charge >= 0.3 is 0 Å². The molecule has 0 spiro atoms. The fraction of sp³-hybridized carbons (Fsp3) is 0.455. The minimum Gasteiger partial charge on any atom is -0.355 e. The predicted octanol–water partition coefficient (Wildman–Crippen LogP) is 3.79. The van der Waals surface area contributed by atoms with Crippen LogP contribution < -0.4 is 10.6 Å². The number of nitrogens with zero attached hydrogens (tertiary/aromatic N) is 3. The second kappa shape index (κ2) is 10.0. The van der Waals surface area contributed by atoms with Gasteiger partial charge in [0.25, 0.3) is 0 Å². The largest absolute Gasteiger partial charge is 0.355 e. The zero-order valence-corrected chi connectivity index (χ0v) is 17.2. The van der Waals surface area contributed by atoms with Crippen LogP contribution in [0.25, 0.3) is 0 Å². The lowest BCUT2D eigenvalue weighted by atomic mass is 9.94. The molecule has 6 heteroatoms. The number of benzene rings is 1. The van der Waals surface area contributed by atoms with Crippen molar-refractivity contribution in [3.05, 3.63) is 58.7 Å². The molecule has 0 aliphatic carbocycles. The Balaban J connectivity index is 1.56. The molecule has 1 aromatic heterocycles. The Bertz CT molecular complexity index is 742. The molecule has 0 saturated carbocycles. The first-order valence-electron chi connectivity index (χ1n) is 9.96. The standard InChI is InChI=1S/C22H29ClN4O/c1-17(20-3-5-21(23)6-4-20)26-11-8-18(9-12-26)15-27(13-10-24)22-7-2-19(16-28)14-25-22/h2-7,14,16-18H,8-13,15,24H2,1H3. The molecule has 1 aliphatic rings. The van der Waals surface area contributed by atoms with Crippen LogP contribution in [-0.4, -0.2) is 48.9 Å². The molecular formula is C22H29ClN4O. The zero-order chi connectivity index (χ0) is 19.9. The van der Waals surface area contributed by atoms with Crippen molar-refractivity contribution in [2.75, 3.05) is 37.6 Å². The van der Waals surface area contributed by atoms with Crippen LogP contribution >= 0.6 is 11.6 Å². The fourth-order valence-corrected chi connectivity index (χ4v) is 4.02. The number of pyridine rings is 1. The molecule has 1 aliphatic heterocycles. The number of halogens is 1. The highest BCUT2D eigenvalue weighted by molar-refractivity contribution is 6.30. The highest BCUT2D eigenvalue weighted by Crippen LogP contribution is 2.28. The number of hydrogen-bond donors (Lipinski definition) is 1. The second-order valence-corrected chi connectivity index (χ2v) is 7.95. The third kappa shape index (κ3) is 5.31. The molecule has 1 atom stereocenters. The van der Waals surface area contributed by atoms with Gasteiger partial charge in [0.15, 0.2) is 6.29 Å². The quantitative estimate of drug-likeness (QED) is 0.683. The summed E-state index contributed by atoms with van der Waals surface area (Å²) in [7, 11) is 0. The Morgan fingerprint density at radius 2 is 1.96 bits per heavy atom. The fourth-order valence-electron chi connectivity index (χ4n) is 3.90. The summed E-state index contributed by atoms with van der Waals surface area (Å²) in [6, 6.07) is 12.3. The maximum atomic E-state index is 10.9. The van der Waals surface area contributed by atoms with Crippen LogP contribution in [0.4, 0.5) is 5.82 Å². The number of aromatic nitrogens is 1. The van der Waals surface area contributed by atoms with E-state index in [0.29, 0.717) is 24.1 Å². The van der Waals surface area contributed by atoms with Crippen LogP contribution in [0.15, 0.2) is 42.6 Å². The number of anilines is 1. The van der Waals surface area contributed by atoms with Crippen LogP contribution in [0, 0.1) is 5.92 Å². The molecule has 0 amide bonds. The van der Waals surface area contributed by atoms with E-state index in [9.17, 15) is 4.79 Å². The van der Waals surface area contributed by atoms with E-state index in [1.54, 1.807) is 6.20 Å². The van der Waals surface area contributed by atoms with E-state index in [1.165, 1.54) is 5.56 Å². The van der Waals surface area contributed by atoms with E-state index in [4.69, 9.17) is 17.3 Å². The Morgan fingerprint density at radius 3 is 2.54 bits per heavy atom. The lowest BCUT2D eigenvalue weighted by molar-refractivity contribution is 0.112. The average Bonchev–Trinajstić information content (AvgIpc) is 2.74. The molecule has 5 nitrogen and oxygen atoms in total. The summed E-state index contributed by atoms with van der Waals surface area (Å²) < 4.78 is 0. The normalized spacial score (nSPS) is 16.7. The van der Waals surface area contributed by atoms with Crippen molar-refractivity contribution in [1.29, 1.82) is 0 Å². The van der Waals surface area contributed by atoms with Crippen LogP contribution in [0.1, 0.15) is 41.7 Å². The third-order valence-electron chi connectivity index (χ3n) is 5.66. The van der Waals surface area contributed by atoms with Gasteiger partial charge in [-0.05, 0) is 68.6 Å². The molecule has 1 fully saturated rings. The molecular weight excluding hydrogens is 372 g/mol. The Hall–Kier alpha value is -1.95. The van der Waals surface area contributed by atoms with E-state index in [0.717, 1.165) is 56.1 Å². The lowest BCUT2D eigenvalue weighted by Crippen LogP contribution is -2.41. The molecule has 150 valence electrons. The molecule has 2 heterocycles. The van der Waals surface area contributed by atoms with Crippen molar-refractivity contribution in [3.63, 3.8) is 0 Å². The van der Waals surface area contributed by atoms with E-state index in [1.807, 2.05) is 24.3 Å². The molecule has 2 N–H and O–H groups in total. The summed E-state index contributed by atoms with van der Waals surface area (Å²) in [6.45, 7) is 6.75. The minimum atomic E-state index is 0.399. The monoisotopic (exact) mass is 400 g/mol. The molecule has 1 saturated heterocycles. The van der Waals surface area contributed by atoms with Crippen LogP contribution in [-0.2, 0) is 0 Å². The molecule has 2 aromatic rings. The number of aldehydes is 1. The molecule has 1 unspecified atom stereocenters. The van der Waals surface area contributed by atoms with Crippen LogP contribution in [0.5, 0.6) is 0 Å². The smallest absolute Gasteiger partial charge is 0.151 e. The summed E-state index contributed by atoms with van der Waals surface area (Å²) >= 11 is 6.01. The first-order valence-corrected chi connectivity index (χ1v) is 10.3. The van der Waals surface area contributed by atoms with E-state index >= 15 is 0 Å². The number of hydrogen-bond acceptors (Lipinski definition) is 5. The van der Waals surface area contributed by atoms with Gasteiger partial charge < -0.3 is 10.6 Å². The maximum Gasteiger partial charge on any atom is 0.151 e. The minimum absolute atomic E-state index is 0.399. The number of piperidine rings is 1. The summed E-state index contributed by atoms with van der Waals surface area (Å²) in [5.74, 6) is 1.51. The second-order valence-electron chi connectivity index (χ2n) is 7.51. The summed E-state index contributed by atoms with van der Waals surface area (Å²) in [6.07, 6.45) is 4.76. The van der Waals surface area contributed by atoms with Gasteiger partial charge in [0, 0.05) is 42.5 Å². The zero-order valence-electron chi connectivity index (χ0n) is 16.4. The number of likely N-dealkylation sites (tertiary alicyclic amines) is 1. The van der Waals surface area contributed by atoms with E-state index < -0.39 is 0 Å². The summed E-state index contributed by atoms with van der Waals surface area (Å²) in [5.41, 5.74) is 7.73. The first-order chi connectivity index (χ1) is 13.6. The Kier molecular flexibility index (Phi) is 7.43. The Morgan fingerprint density at radius 1 is 1.25 bits per heavy atom. The third-order valence-corrected chi connectivity index (χ3v) is 5.91. The highest BCUT2D eigenvalue weighted by atomic mass is 35.5. The van der Waals surface area contributed by atoms with Crippen LogP contribution in [0.2, 0.25) is 5.02 Å². The molecule has 0 radical (unpaired) electrons. The summed E-state index contributed by atoms with van der Waals surface area (Å²) in [5, 5.41) is 0.782. The van der Waals surface area contributed by atoms with Gasteiger partial charge in [-0.3, -0.25) is 9.69 Å². The van der Waals surface area contributed by atoms with Crippen molar-refractivity contribution in [3.8, 4) is 0 Å². The van der Waals surface area contributed by atoms with Crippen molar-refractivity contribution in [2.45, 2.75) is 25.8 Å². The van der Waals surface area contributed by atoms with Crippen molar-refractivity contribution in [2.24, 2.45) is 11.7 Å². The number of carbonyl (C=O) groups excluding carboxylic acids is 1. The maximum absolute atomic E-state index is 10.9. The van der Waals surface area contributed by atoms with Gasteiger partial charge in [-0.15, -0.1) is 0 Å². The van der Waals surface area contributed by atoms with Gasteiger partial charge in [-0.25, -0.2) is 4.98 Å². The van der Waals surface area contributed by atoms with Crippen molar-refractivity contribution >= 4 is 23.7 Å². The predicted molar refractivity (Wildman–Crippen MR) is 115 cm³/mol. The van der Waals surface area contributed by atoms with Gasteiger partial charge in [0.05, 0.1) is 0 Å². The highest BCUT2D eigenvalue weighted by Gasteiger charge is 2.25. The molecule has 0 bridgehead atoms. The SMILES string of the molecule is CC(c1ccc(Cl)cc1)N1CCC(CN(CCN)c2ccc(C=O)cn2)CC1. The van der Waals surface area contributed by atoms with Gasteiger partial charge in [-0.2, -0.15) is 0 Å². The number of rotatable bonds is 8. The van der Waals surface area contributed by atoms with Gasteiger partial charge in [-0.1, -0.05) is 23.7 Å². The first kappa shape index (κ1) is 20.8. The molecule has 28 heavy (non-hydrogen) atoms. The lowest BCUT2D eigenvalue weighted by Gasteiger charge is -2.38. The van der Waals surface area contributed by atoms with E-state index in [-0.39, 0.29) is 0 Å².